The highest BCUT2D eigenvalue weighted by atomic mass is 16.4. The van der Waals surface area contributed by atoms with Crippen LogP contribution in [0.3, 0.4) is 0 Å². The largest absolute Gasteiger partial charge is 0.480 e. The predicted octanol–water partition coefficient (Wildman–Crippen LogP) is 0.997. The van der Waals surface area contributed by atoms with E-state index in [1.54, 1.807) is 31.2 Å². The number of rotatable bonds is 3. The summed E-state index contributed by atoms with van der Waals surface area (Å²) in [7, 11) is 0. The number of benzene rings is 1. The molecule has 1 aromatic rings. The van der Waals surface area contributed by atoms with Crippen molar-refractivity contribution in [1.82, 2.24) is 4.90 Å². The van der Waals surface area contributed by atoms with Crippen molar-refractivity contribution in [3.63, 3.8) is 0 Å². The van der Waals surface area contributed by atoms with Crippen molar-refractivity contribution >= 4 is 11.9 Å². The van der Waals surface area contributed by atoms with Crippen molar-refractivity contribution < 1.29 is 19.8 Å². The van der Waals surface area contributed by atoms with Gasteiger partial charge in [0.05, 0.1) is 0 Å². The van der Waals surface area contributed by atoms with Crippen molar-refractivity contribution in [3.8, 4) is 0 Å². The Morgan fingerprint density at radius 2 is 2.12 bits per heavy atom. The second kappa shape index (κ2) is 4.18. The summed E-state index contributed by atoms with van der Waals surface area (Å²) in [4.78, 5) is 24.1. The highest BCUT2D eigenvalue weighted by Gasteiger charge is 2.41. The molecule has 5 heteroatoms. The van der Waals surface area contributed by atoms with Gasteiger partial charge in [0.15, 0.2) is 6.23 Å². The highest BCUT2D eigenvalue weighted by Crippen LogP contribution is 2.33. The van der Waals surface area contributed by atoms with Crippen molar-refractivity contribution in [2.24, 2.45) is 0 Å². The smallest absolute Gasteiger partial charge is 0.326 e. The number of fused-ring (bicyclic) bond motifs is 1. The third kappa shape index (κ3) is 1.68. The molecule has 0 radical (unpaired) electrons. The van der Waals surface area contributed by atoms with Gasteiger partial charge < -0.3 is 10.2 Å². The molecule has 1 amide bonds. The Morgan fingerprint density at radius 3 is 2.65 bits per heavy atom. The number of carboxylic acid groups (broad SMARTS) is 1. The summed E-state index contributed by atoms with van der Waals surface area (Å²) in [6.07, 6.45) is -0.911. The van der Waals surface area contributed by atoms with Crippen LogP contribution in [0.2, 0.25) is 0 Å². The zero-order chi connectivity index (χ0) is 12.6. The van der Waals surface area contributed by atoms with Gasteiger partial charge >= 0.3 is 5.97 Å². The molecule has 1 aromatic carbocycles. The van der Waals surface area contributed by atoms with E-state index in [4.69, 9.17) is 5.11 Å². The molecule has 1 heterocycles. The number of amides is 1. The lowest BCUT2D eigenvalue weighted by Gasteiger charge is -2.26. The van der Waals surface area contributed by atoms with E-state index in [9.17, 15) is 14.7 Å². The molecular formula is C12H13NO4. The average molecular weight is 235 g/mol. The second-order valence-electron chi connectivity index (χ2n) is 3.94. The number of hydrogen-bond acceptors (Lipinski definition) is 3. The van der Waals surface area contributed by atoms with Crippen LogP contribution in [0, 0.1) is 0 Å². The standard InChI is InChI=1S/C12H13NO4/c1-2-9(12(16)17)13-10(14)7-5-3-4-6-8(7)11(13)15/h3-6,9-10,14H,2H2,1H3,(H,16,17)/t9-,10-/m0/s1. The Balaban J connectivity index is 2.42. The van der Waals surface area contributed by atoms with Crippen LogP contribution >= 0.6 is 0 Å². The number of carboxylic acids is 1. The first-order valence-electron chi connectivity index (χ1n) is 5.40. The van der Waals surface area contributed by atoms with Gasteiger partial charge in [-0.3, -0.25) is 9.69 Å². The molecule has 0 aliphatic carbocycles. The maximum Gasteiger partial charge on any atom is 0.326 e. The van der Waals surface area contributed by atoms with Gasteiger partial charge in [0.25, 0.3) is 5.91 Å². The van der Waals surface area contributed by atoms with Crippen molar-refractivity contribution in [2.45, 2.75) is 25.6 Å². The molecule has 2 atom stereocenters. The van der Waals surface area contributed by atoms with Crippen LogP contribution in [0.1, 0.15) is 35.5 Å². The molecule has 0 fully saturated rings. The lowest BCUT2D eigenvalue weighted by Crippen LogP contribution is -2.43. The van der Waals surface area contributed by atoms with Crippen LogP contribution in [0.5, 0.6) is 0 Å². The van der Waals surface area contributed by atoms with E-state index in [1.807, 2.05) is 0 Å². The summed E-state index contributed by atoms with van der Waals surface area (Å²) in [5.74, 6) is -1.53. The van der Waals surface area contributed by atoms with Gasteiger partial charge in [-0.1, -0.05) is 25.1 Å². The molecule has 0 saturated heterocycles. The van der Waals surface area contributed by atoms with Gasteiger partial charge in [-0.25, -0.2) is 4.79 Å². The van der Waals surface area contributed by atoms with Gasteiger partial charge in [-0.15, -0.1) is 0 Å². The van der Waals surface area contributed by atoms with E-state index in [0.29, 0.717) is 11.1 Å². The molecule has 1 aliphatic heterocycles. The topological polar surface area (TPSA) is 77.8 Å². The first-order valence-corrected chi connectivity index (χ1v) is 5.40. The molecule has 0 bridgehead atoms. The van der Waals surface area contributed by atoms with Crippen LogP contribution in [0.4, 0.5) is 0 Å². The molecule has 2 rings (SSSR count). The van der Waals surface area contributed by atoms with E-state index >= 15 is 0 Å². The first-order chi connectivity index (χ1) is 8.07. The molecular weight excluding hydrogens is 222 g/mol. The fourth-order valence-corrected chi connectivity index (χ4v) is 2.12. The van der Waals surface area contributed by atoms with Crippen LogP contribution in [-0.2, 0) is 4.79 Å². The Bertz CT molecular complexity index is 471. The highest BCUT2D eigenvalue weighted by molar-refractivity contribution is 6.00. The molecule has 0 unspecified atom stereocenters. The summed E-state index contributed by atoms with van der Waals surface area (Å²) < 4.78 is 0. The second-order valence-corrected chi connectivity index (χ2v) is 3.94. The Labute approximate surface area is 98.3 Å². The van der Waals surface area contributed by atoms with Crippen LogP contribution in [0.15, 0.2) is 24.3 Å². The zero-order valence-electron chi connectivity index (χ0n) is 9.33. The SMILES string of the molecule is CC[C@@H](C(=O)O)N1C(=O)c2ccccc2[C@@H]1O. The predicted molar refractivity (Wildman–Crippen MR) is 59.3 cm³/mol. The van der Waals surface area contributed by atoms with Crippen molar-refractivity contribution in [3.05, 3.63) is 35.4 Å². The number of nitrogens with zero attached hydrogens (tertiary/aromatic N) is 1. The Kier molecular flexibility index (Phi) is 2.85. The lowest BCUT2D eigenvalue weighted by molar-refractivity contribution is -0.146. The fraction of sp³-hybridized carbons (Fsp3) is 0.333. The first kappa shape index (κ1) is 11.6. The Morgan fingerprint density at radius 1 is 1.47 bits per heavy atom. The zero-order valence-corrected chi connectivity index (χ0v) is 9.33. The van der Waals surface area contributed by atoms with Gasteiger partial charge in [0.2, 0.25) is 0 Å². The Hall–Kier alpha value is -1.88. The maximum absolute atomic E-state index is 12.0. The van der Waals surface area contributed by atoms with Crippen molar-refractivity contribution in [2.75, 3.05) is 0 Å². The minimum absolute atomic E-state index is 0.256. The molecule has 0 saturated carbocycles. The molecule has 2 N–H and O–H groups in total. The van der Waals surface area contributed by atoms with Gasteiger partial charge in [-0.2, -0.15) is 0 Å². The van der Waals surface area contributed by atoms with Crippen LogP contribution in [-0.4, -0.2) is 33.0 Å². The van der Waals surface area contributed by atoms with E-state index in [-0.39, 0.29) is 6.42 Å². The fourth-order valence-electron chi connectivity index (χ4n) is 2.12. The van der Waals surface area contributed by atoms with Crippen LogP contribution in [0.25, 0.3) is 0 Å². The van der Waals surface area contributed by atoms with E-state index in [2.05, 4.69) is 0 Å². The molecule has 90 valence electrons. The molecule has 5 nitrogen and oxygen atoms in total. The normalized spacial score (nSPS) is 20.2. The summed E-state index contributed by atoms with van der Waals surface area (Å²) >= 11 is 0. The molecule has 17 heavy (non-hydrogen) atoms. The quantitative estimate of drug-likeness (QED) is 0.819. The van der Waals surface area contributed by atoms with Crippen molar-refractivity contribution in [1.29, 1.82) is 0 Å². The van der Waals surface area contributed by atoms with Gasteiger partial charge in [0.1, 0.15) is 6.04 Å². The molecule has 1 aliphatic rings. The van der Waals surface area contributed by atoms with E-state index in [0.717, 1.165) is 4.90 Å². The number of aliphatic carboxylic acids is 1. The van der Waals surface area contributed by atoms with E-state index < -0.39 is 24.1 Å². The third-order valence-corrected chi connectivity index (χ3v) is 2.97. The summed E-state index contributed by atoms with van der Waals surface area (Å²) in [6.45, 7) is 1.67. The van der Waals surface area contributed by atoms with Gasteiger partial charge in [-0.05, 0) is 12.5 Å². The number of aliphatic hydroxyl groups excluding tert-OH is 1. The average Bonchev–Trinajstić information content (AvgIpc) is 2.56. The number of carbonyl (C=O) groups is 2. The lowest BCUT2D eigenvalue weighted by atomic mass is 10.1. The molecule has 0 aromatic heterocycles. The minimum Gasteiger partial charge on any atom is -0.480 e. The monoisotopic (exact) mass is 235 g/mol. The summed E-state index contributed by atoms with van der Waals surface area (Å²) in [5, 5.41) is 19.0. The minimum atomic E-state index is -1.17. The number of hydrogen-bond donors (Lipinski definition) is 2. The summed E-state index contributed by atoms with van der Waals surface area (Å²) in [6, 6.07) is 5.63. The van der Waals surface area contributed by atoms with E-state index in [1.165, 1.54) is 0 Å². The number of aliphatic hydroxyl groups is 1. The molecule has 0 spiro atoms. The van der Waals surface area contributed by atoms with Crippen LogP contribution < -0.4 is 0 Å². The van der Waals surface area contributed by atoms with Gasteiger partial charge in [0, 0.05) is 11.1 Å². The maximum atomic E-state index is 12.0. The third-order valence-electron chi connectivity index (χ3n) is 2.97. The number of carbonyl (C=O) groups excluding carboxylic acids is 1. The summed E-state index contributed by atoms with van der Waals surface area (Å²) in [5.41, 5.74) is 0.844.